The number of benzene rings is 2. The molecule has 0 radical (unpaired) electrons. The van der Waals surface area contributed by atoms with E-state index in [1.807, 2.05) is 42.7 Å². The fourth-order valence-electron chi connectivity index (χ4n) is 3.32. The number of amides is 1. The van der Waals surface area contributed by atoms with E-state index in [1.165, 1.54) is 29.5 Å². The van der Waals surface area contributed by atoms with Gasteiger partial charge in [0.1, 0.15) is 0 Å². The Morgan fingerprint density at radius 2 is 1.74 bits per heavy atom. The first-order valence-electron chi connectivity index (χ1n) is 10.4. The number of aryl methyl sites for hydroxylation is 3. The van der Waals surface area contributed by atoms with Gasteiger partial charge in [-0.3, -0.25) is 24.5 Å². The van der Waals surface area contributed by atoms with Crippen molar-refractivity contribution in [1.29, 1.82) is 0 Å². The highest BCUT2D eigenvalue weighted by Gasteiger charge is 2.18. The molecule has 9 nitrogen and oxygen atoms in total. The number of nitro groups is 1. The largest absolute Gasteiger partial charge is 0.325 e. The number of carbonyl (C=O) groups excluding carboxylic acids is 1. The predicted molar refractivity (Wildman–Crippen MR) is 131 cm³/mol. The van der Waals surface area contributed by atoms with E-state index in [-0.39, 0.29) is 17.3 Å². The fourth-order valence-corrected chi connectivity index (χ4v) is 4.08. The van der Waals surface area contributed by atoms with Gasteiger partial charge in [-0.05, 0) is 61.7 Å². The molecule has 0 aliphatic rings. The summed E-state index contributed by atoms with van der Waals surface area (Å²) in [6.45, 7) is 5.87. The van der Waals surface area contributed by atoms with Crippen molar-refractivity contribution in [3.8, 4) is 17.1 Å². The molecule has 1 amide bonds. The molecule has 34 heavy (non-hydrogen) atoms. The van der Waals surface area contributed by atoms with Gasteiger partial charge in [-0.1, -0.05) is 23.9 Å². The van der Waals surface area contributed by atoms with E-state index in [2.05, 4.69) is 26.6 Å². The van der Waals surface area contributed by atoms with Crippen LogP contribution in [0.2, 0.25) is 0 Å². The molecule has 0 saturated carbocycles. The third-order valence-electron chi connectivity index (χ3n) is 5.36. The van der Waals surface area contributed by atoms with Crippen LogP contribution < -0.4 is 5.32 Å². The minimum absolute atomic E-state index is 0.0570. The van der Waals surface area contributed by atoms with Crippen LogP contribution in [-0.2, 0) is 4.79 Å². The molecule has 0 fully saturated rings. The molecule has 2 aromatic heterocycles. The highest BCUT2D eigenvalue weighted by atomic mass is 32.2. The lowest BCUT2D eigenvalue weighted by Crippen LogP contribution is -2.15. The number of hydrogen-bond acceptors (Lipinski definition) is 7. The van der Waals surface area contributed by atoms with Gasteiger partial charge < -0.3 is 5.32 Å². The Kier molecular flexibility index (Phi) is 6.69. The molecule has 10 heteroatoms. The van der Waals surface area contributed by atoms with Gasteiger partial charge in [0.25, 0.3) is 5.69 Å². The Morgan fingerprint density at radius 1 is 1.00 bits per heavy atom. The van der Waals surface area contributed by atoms with Crippen molar-refractivity contribution in [2.24, 2.45) is 0 Å². The van der Waals surface area contributed by atoms with Gasteiger partial charge in [-0.2, -0.15) is 0 Å². The minimum atomic E-state index is -0.490. The maximum absolute atomic E-state index is 12.7. The topological polar surface area (TPSA) is 116 Å². The Balaban J connectivity index is 1.60. The van der Waals surface area contributed by atoms with Crippen molar-refractivity contribution in [1.82, 2.24) is 19.7 Å². The number of thioether (sulfide) groups is 1. The zero-order valence-electron chi connectivity index (χ0n) is 18.8. The van der Waals surface area contributed by atoms with Crippen molar-refractivity contribution < 1.29 is 9.72 Å². The molecule has 0 unspecified atom stereocenters. The van der Waals surface area contributed by atoms with E-state index < -0.39 is 4.92 Å². The second-order valence-electron chi connectivity index (χ2n) is 7.74. The van der Waals surface area contributed by atoms with Crippen molar-refractivity contribution in [2.75, 3.05) is 11.1 Å². The second kappa shape index (κ2) is 9.84. The van der Waals surface area contributed by atoms with Gasteiger partial charge in [0.15, 0.2) is 11.0 Å². The first kappa shape index (κ1) is 23.1. The number of non-ortho nitro benzene ring substituents is 1. The summed E-state index contributed by atoms with van der Waals surface area (Å²) in [6, 6.07) is 14.2. The zero-order chi connectivity index (χ0) is 24.2. The molecule has 4 aromatic rings. The summed E-state index contributed by atoms with van der Waals surface area (Å²) in [4.78, 5) is 27.3. The lowest BCUT2D eigenvalue weighted by Gasteiger charge is -2.12. The van der Waals surface area contributed by atoms with Crippen LogP contribution >= 0.6 is 11.8 Å². The molecule has 172 valence electrons. The van der Waals surface area contributed by atoms with Gasteiger partial charge in [-0.15, -0.1) is 10.2 Å². The van der Waals surface area contributed by atoms with Crippen molar-refractivity contribution in [3.05, 3.63) is 87.7 Å². The zero-order valence-corrected chi connectivity index (χ0v) is 19.7. The number of aromatic nitrogens is 4. The van der Waals surface area contributed by atoms with Crippen LogP contribution in [0.15, 0.2) is 66.1 Å². The number of rotatable bonds is 7. The van der Waals surface area contributed by atoms with E-state index >= 15 is 0 Å². The van der Waals surface area contributed by atoms with Crippen LogP contribution in [0, 0.1) is 30.9 Å². The average Bonchev–Trinajstić information content (AvgIpc) is 3.25. The number of nitro benzene ring substituents is 1. The SMILES string of the molecule is Cc1ccc(-n2c(SCC(=O)Nc3cc([N+](=O)[O-])ccc3C)nnc2-c2ccncc2)cc1C. The summed E-state index contributed by atoms with van der Waals surface area (Å²) < 4.78 is 1.92. The summed E-state index contributed by atoms with van der Waals surface area (Å²) in [5, 5.41) is 23.1. The fraction of sp³-hybridized carbons (Fsp3) is 0.167. The number of nitrogens with one attached hydrogen (secondary N) is 1. The van der Waals surface area contributed by atoms with Crippen LogP contribution in [0.1, 0.15) is 16.7 Å². The molecule has 2 aromatic carbocycles. The Morgan fingerprint density at radius 3 is 2.44 bits per heavy atom. The highest BCUT2D eigenvalue weighted by Crippen LogP contribution is 2.29. The molecule has 2 heterocycles. The van der Waals surface area contributed by atoms with Crippen molar-refractivity contribution in [3.63, 3.8) is 0 Å². The smallest absolute Gasteiger partial charge is 0.271 e. The summed E-state index contributed by atoms with van der Waals surface area (Å²) >= 11 is 1.24. The van der Waals surface area contributed by atoms with E-state index in [0.717, 1.165) is 22.4 Å². The van der Waals surface area contributed by atoms with Crippen LogP contribution in [-0.4, -0.2) is 36.3 Å². The van der Waals surface area contributed by atoms with Gasteiger partial charge in [0, 0.05) is 30.1 Å². The first-order chi connectivity index (χ1) is 16.3. The van der Waals surface area contributed by atoms with Crippen LogP contribution in [0.5, 0.6) is 0 Å². The van der Waals surface area contributed by atoms with Gasteiger partial charge in [-0.25, -0.2) is 0 Å². The van der Waals surface area contributed by atoms with E-state index in [9.17, 15) is 14.9 Å². The molecule has 0 saturated heterocycles. The molecular formula is C24H22N6O3S. The molecule has 0 aliphatic heterocycles. The molecule has 0 spiro atoms. The monoisotopic (exact) mass is 474 g/mol. The lowest BCUT2D eigenvalue weighted by molar-refractivity contribution is -0.384. The predicted octanol–water partition coefficient (Wildman–Crippen LogP) is 4.89. The standard InChI is InChI=1S/C24H22N6O3S/c1-15-4-6-19(12-17(15)3)29-23(18-8-10-25-11-9-18)27-28-24(29)34-14-22(31)26-21-13-20(30(32)33)7-5-16(21)2/h4-13H,14H2,1-3H3,(H,26,31). The molecule has 4 rings (SSSR count). The maximum Gasteiger partial charge on any atom is 0.271 e. The Bertz CT molecular complexity index is 1370. The first-order valence-corrected chi connectivity index (χ1v) is 11.4. The number of anilines is 1. The lowest BCUT2D eigenvalue weighted by atomic mass is 10.1. The summed E-state index contributed by atoms with van der Waals surface area (Å²) in [5.41, 5.74) is 5.10. The number of pyridine rings is 1. The molecule has 1 N–H and O–H groups in total. The maximum atomic E-state index is 12.7. The average molecular weight is 475 g/mol. The number of hydrogen-bond donors (Lipinski definition) is 1. The molecule has 0 aliphatic carbocycles. The van der Waals surface area contributed by atoms with Gasteiger partial charge >= 0.3 is 0 Å². The number of carbonyl (C=O) groups is 1. The molecular weight excluding hydrogens is 452 g/mol. The van der Waals surface area contributed by atoms with Gasteiger partial charge in [0.2, 0.25) is 5.91 Å². The van der Waals surface area contributed by atoms with E-state index in [0.29, 0.717) is 16.7 Å². The number of nitrogens with zero attached hydrogens (tertiary/aromatic N) is 5. The van der Waals surface area contributed by atoms with Crippen LogP contribution in [0.3, 0.4) is 0 Å². The van der Waals surface area contributed by atoms with Crippen LogP contribution in [0.4, 0.5) is 11.4 Å². The summed E-state index contributed by atoms with van der Waals surface area (Å²) in [5.74, 6) is 0.401. The normalized spacial score (nSPS) is 10.8. The van der Waals surface area contributed by atoms with Gasteiger partial charge in [0.05, 0.1) is 22.1 Å². The molecule has 0 atom stereocenters. The highest BCUT2D eigenvalue weighted by molar-refractivity contribution is 7.99. The summed E-state index contributed by atoms with van der Waals surface area (Å²) in [7, 11) is 0. The quantitative estimate of drug-likeness (QED) is 0.230. The second-order valence-corrected chi connectivity index (χ2v) is 8.68. The van der Waals surface area contributed by atoms with Crippen molar-refractivity contribution in [2.45, 2.75) is 25.9 Å². The third kappa shape index (κ3) is 4.96. The Hall–Kier alpha value is -4.05. The Labute approximate surface area is 200 Å². The van der Waals surface area contributed by atoms with Crippen LogP contribution in [0.25, 0.3) is 17.1 Å². The minimum Gasteiger partial charge on any atom is -0.325 e. The van der Waals surface area contributed by atoms with Crippen molar-refractivity contribution >= 4 is 29.0 Å². The van der Waals surface area contributed by atoms with E-state index in [4.69, 9.17) is 0 Å². The molecule has 0 bridgehead atoms. The van der Waals surface area contributed by atoms with E-state index in [1.54, 1.807) is 25.4 Å². The third-order valence-corrected chi connectivity index (χ3v) is 6.29. The summed E-state index contributed by atoms with van der Waals surface area (Å²) in [6.07, 6.45) is 3.38.